The Morgan fingerprint density at radius 2 is 2.20 bits per heavy atom. The fourth-order valence-electron chi connectivity index (χ4n) is 1.06. The molecule has 0 aliphatic heterocycles. The molecule has 5 heteroatoms. The predicted octanol–water partition coefficient (Wildman–Crippen LogP) is 2.04. The number of halogens is 1. The van der Waals surface area contributed by atoms with Crippen LogP contribution in [0.2, 0.25) is 0 Å². The molecule has 0 heterocycles. The second-order valence-electron chi connectivity index (χ2n) is 2.77. The Balaban J connectivity index is 2.74. The molecular formula is C10H12BrNO3. The highest BCUT2D eigenvalue weighted by Crippen LogP contribution is 2.27. The molecule has 0 unspecified atom stereocenters. The Morgan fingerprint density at radius 1 is 1.47 bits per heavy atom. The van der Waals surface area contributed by atoms with Gasteiger partial charge in [-0.05, 0) is 18.2 Å². The maximum Gasteiger partial charge on any atom is 0.325 e. The lowest BCUT2D eigenvalue weighted by Gasteiger charge is -2.10. The highest BCUT2D eigenvalue weighted by Gasteiger charge is 2.05. The molecule has 0 bridgehead atoms. The maximum atomic E-state index is 10.9. The highest BCUT2D eigenvalue weighted by molar-refractivity contribution is 9.10. The van der Waals surface area contributed by atoms with E-state index in [2.05, 4.69) is 26.0 Å². The molecule has 4 nitrogen and oxygen atoms in total. The Morgan fingerprint density at radius 3 is 2.80 bits per heavy atom. The summed E-state index contributed by atoms with van der Waals surface area (Å²) in [5.41, 5.74) is 0.747. The summed E-state index contributed by atoms with van der Waals surface area (Å²) in [6, 6.07) is 5.51. The highest BCUT2D eigenvalue weighted by atomic mass is 79.9. The van der Waals surface area contributed by atoms with E-state index >= 15 is 0 Å². The number of nitrogens with one attached hydrogen (secondary N) is 1. The third-order valence-corrected chi connectivity index (χ3v) is 2.31. The number of carbonyl (C=O) groups excluding carboxylic acids is 1. The van der Waals surface area contributed by atoms with Gasteiger partial charge < -0.3 is 14.8 Å². The summed E-state index contributed by atoms with van der Waals surface area (Å²) in [5, 5.41) is 2.93. The standard InChI is InChI=1S/C10H12BrNO3/c1-14-9-4-3-7(11)5-8(9)12-6-10(13)15-2/h3-5,12H,6H2,1-2H3. The van der Waals surface area contributed by atoms with Gasteiger partial charge in [-0.2, -0.15) is 0 Å². The third kappa shape index (κ3) is 3.43. The van der Waals surface area contributed by atoms with Crippen molar-refractivity contribution in [2.45, 2.75) is 0 Å². The molecule has 82 valence electrons. The summed E-state index contributed by atoms with van der Waals surface area (Å²) in [6.45, 7) is 0.114. The Kier molecular flexibility index (Phi) is 4.42. The molecule has 0 amide bonds. The SMILES string of the molecule is COC(=O)CNc1cc(Br)ccc1OC. The van der Waals surface area contributed by atoms with Gasteiger partial charge in [-0.3, -0.25) is 4.79 Å². The summed E-state index contributed by atoms with van der Waals surface area (Å²) in [5.74, 6) is 0.360. The van der Waals surface area contributed by atoms with E-state index in [1.807, 2.05) is 18.2 Å². The number of carbonyl (C=O) groups is 1. The van der Waals surface area contributed by atoms with Gasteiger partial charge in [0.25, 0.3) is 0 Å². The van der Waals surface area contributed by atoms with Gasteiger partial charge in [-0.1, -0.05) is 15.9 Å². The monoisotopic (exact) mass is 273 g/mol. The van der Waals surface area contributed by atoms with Crippen molar-refractivity contribution in [3.63, 3.8) is 0 Å². The van der Waals surface area contributed by atoms with Gasteiger partial charge >= 0.3 is 5.97 Å². The minimum atomic E-state index is -0.322. The van der Waals surface area contributed by atoms with Crippen molar-refractivity contribution in [3.8, 4) is 5.75 Å². The summed E-state index contributed by atoms with van der Waals surface area (Å²) in [4.78, 5) is 10.9. The smallest absolute Gasteiger partial charge is 0.325 e. The number of anilines is 1. The van der Waals surface area contributed by atoms with E-state index in [0.717, 1.165) is 10.2 Å². The van der Waals surface area contributed by atoms with Crippen molar-refractivity contribution < 1.29 is 14.3 Å². The molecule has 1 N–H and O–H groups in total. The Labute approximate surface area is 96.7 Å². The van der Waals surface area contributed by atoms with Gasteiger partial charge in [0.1, 0.15) is 12.3 Å². The van der Waals surface area contributed by atoms with Crippen LogP contribution < -0.4 is 10.1 Å². The Bertz CT molecular complexity index is 355. The van der Waals surface area contributed by atoms with Gasteiger partial charge in [0.15, 0.2) is 0 Å². The molecule has 0 aromatic heterocycles. The van der Waals surface area contributed by atoms with Crippen LogP contribution in [0.15, 0.2) is 22.7 Å². The van der Waals surface area contributed by atoms with Crippen LogP contribution >= 0.6 is 15.9 Å². The fraction of sp³-hybridized carbons (Fsp3) is 0.300. The van der Waals surface area contributed by atoms with Crippen LogP contribution in [-0.4, -0.2) is 26.7 Å². The predicted molar refractivity (Wildman–Crippen MR) is 61.2 cm³/mol. The van der Waals surface area contributed by atoms with Gasteiger partial charge in [-0.25, -0.2) is 0 Å². The molecule has 1 aromatic rings. The van der Waals surface area contributed by atoms with Crippen molar-refractivity contribution in [1.29, 1.82) is 0 Å². The number of ether oxygens (including phenoxy) is 2. The molecule has 0 spiro atoms. The average molecular weight is 274 g/mol. The molecule has 1 aromatic carbocycles. The number of benzene rings is 1. The van der Waals surface area contributed by atoms with Crippen molar-refractivity contribution in [2.75, 3.05) is 26.1 Å². The summed E-state index contributed by atoms with van der Waals surface area (Å²) >= 11 is 3.34. The first-order valence-electron chi connectivity index (χ1n) is 4.31. The minimum absolute atomic E-state index is 0.114. The van der Waals surface area contributed by atoms with Crippen LogP contribution in [0.4, 0.5) is 5.69 Å². The first-order valence-corrected chi connectivity index (χ1v) is 5.11. The molecule has 1 rings (SSSR count). The molecule has 0 saturated heterocycles. The molecule has 0 fully saturated rings. The normalized spacial score (nSPS) is 9.53. The van der Waals surface area contributed by atoms with Crippen molar-refractivity contribution in [3.05, 3.63) is 22.7 Å². The van der Waals surface area contributed by atoms with Crippen molar-refractivity contribution in [1.82, 2.24) is 0 Å². The molecular weight excluding hydrogens is 262 g/mol. The van der Waals surface area contributed by atoms with Crippen molar-refractivity contribution >= 4 is 27.6 Å². The number of hydrogen-bond acceptors (Lipinski definition) is 4. The largest absolute Gasteiger partial charge is 0.495 e. The van der Waals surface area contributed by atoms with E-state index < -0.39 is 0 Å². The lowest BCUT2D eigenvalue weighted by molar-refractivity contribution is -0.138. The summed E-state index contributed by atoms with van der Waals surface area (Å²) < 4.78 is 10.6. The summed E-state index contributed by atoms with van der Waals surface area (Å²) in [7, 11) is 2.93. The number of rotatable bonds is 4. The van der Waals surface area contributed by atoms with E-state index in [1.165, 1.54) is 7.11 Å². The molecule has 0 aliphatic rings. The fourth-order valence-corrected chi connectivity index (χ4v) is 1.42. The van der Waals surface area contributed by atoms with Crippen LogP contribution in [0.3, 0.4) is 0 Å². The average Bonchev–Trinajstić information content (AvgIpc) is 2.26. The lowest BCUT2D eigenvalue weighted by Crippen LogP contribution is -2.15. The number of methoxy groups -OCH3 is 2. The Hall–Kier alpha value is -1.23. The zero-order chi connectivity index (χ0) is 11.3. The molecule has 0 atom stereocenters. The van der Waals surface area contributed by atoms with Crippen LogP contribution in [0.25, 0.3) is 0 Å². The van der Waals surface area contributed by atoms with E-state index in [4.69, 9.17) is 4.74 Å². The first-order chi connectivity index (χ1) is 7.17. The number of esters is 1. The molecule has 15 heavy (non-hydrogen) atoms. The van der Waals surface area contributed by atoms with Crippen LogP contribution in [-0.2, 0) is 9.53 Å². The molecule has 0 radical (unpaired) electrons. The minimum Gasteiger partial charge on any atom is -0.495 e. The van der Waals surface area contributed by atoms with Crippen LogP contribution in [0.1, 0.15) is 0 Å². The molecule has 0 saturated carbocycles. The second-order valence-corrected chi connectivity index (χ2v) is 3.69. The van der Waals surface area contributed by atoms with Crippen molar-refractivity contribution in [2.24, 2.45) is 0 Å². The quantitative estimate of drug-likeness (QED) is 0.853. The van der Waals surface area contributed by atoms with E-state index in [1.54, 1.807) is 7.11 Å². The van der Waals surface area contributed by atoms with Gasteiger partial charge in [0, 0.05) is 4.47 Å². The van der Waals surface area contributed by atoms with Crippen LogP contribution in [0.5, 0.6) is 5.75 Å². The van der Waals surface area contributed by atoms with Gasteiger partial charge in [0.05, 0.1) is 19.9 Å². The van der Waals surface area contributed by atoms with E-state index in [-0.39, 0.29) is 12.5 Å². The second kappa shape index (κ2) is 5.60. The van der Waals surface area contributed by atoms with E-state index in [0.29, 0.717) is 5.75 Å². The lowest BCUT2D eigenvalue weighted by atomic mass is 10.3. The topological polar surface area (TPSA) is 47.6 Å². The maximum absolute atomic E-state index is 10.9. The molecule has 0 aliphatic carbocycles. The first kappa shape index (κ1) is 11.8. The number of hydrogen-bond donors (Lipinski definition) is 1. The zero-order valence-corrected chi connectivity index (χ0v) is 10.1. The third-order valence-electron chi connectivity index (χ3n) is 1.81. The van der Waals surface area contributed by atoms with Crippen LogP contribution in [0, 0.1) is 0 Å². The van der Waals surface area contributed by atoms with Gasteiger partial charge in [-0.15, -0.1) is 0 Å². The van der Waals surface area contributed by atoms with E-state index in [9.17, 15) is 4.79 Å². The van der Waals surface area contributed by atoms with Gasteiger partial charge in [0.2, 0.25) is 0 Å². The summed E-state index contributed by atoms with van der Waals surface area (Å²) in [6.07, 6.45) is 0. The zero-order valence-electron chi connectivity index (χ0n) is 8.54.